The molecule has 2 rings (SSSR count). The molecule has 0 aliphatic heterocycles. The molecule has 0 spiro atoms. The van der Waals surface area contributed by atoms with Crippen molar-refractivity contribution in [2.24, 2.45) is 0 Å². The van der Waals surface area contributed by atoms with Gasteiger partial charge >= 0.3 is 0 Å². The summed E-state index contributed by atoms with van der Waals surface area (Å²) >= 11 is 7.84. The molecular weight excluding hydrogens is 264 g/mol. The van der Waals surface area contributed by atoms with Gasteiger partial charge in [0, 0.05) is 14.8 Å². The summed E-state index contributed by atoms with van der Waals surface area (Å²) in [7, 11) is 1.68. The van der Waals surface area contributed by atoms with E-state index >= 15 is 0 Å². The highest BCUT2D eigenvalue weighted by molar-refractivity contribution is 7.99. The van der Waals surface area contributed by atoms with Gasteiger partial charge in [0.1, 0.15) is 5.75 Å². The molecule has 1 nitrogen and oxygen atoms in total. The number of halogens is 1. The number of ether oxygens (including phenoxy) is 1. The van der Waals surface area contributed by atoms with Crippen molar-refractivity contribution in [1.29, 1.82) is 0 Å². The van der Waals surface area contributed by atoms with Crippen LogP contribution in [0.5, 0.6) is 5.75 Å². The third-order valence-corrected chi connectivity index (χ3v) is 4.06. The van der Waals surface area contributed by atoms with Crippen molar-refractivity contribution >= 4 is 23.4 Å². The first-order chi connectivity index (χ1) is 8.72. The molecular formula is C15H15ClOS. The first kappa shape index (κ1) is 13.3. The van der Waals surface area contributed by atoms with Gasteiger partial charge in [0.2, 0.25) is 0 Å². The van der Waals surface area contributed by atoms with E-state index in [1.54, 1.807) is 18.9 Å². The van der Waals surface area contributed by atoms with Crippen LogP contribution in [-0.4, -0.2) is 7.11 Å². The van der Waals surface area contributed by atoms with E-state index in [-0.39, 0.29) is 0 Å². The van der Waals surface area contributed by atoms with Crippen molar-refractivity contribution in [3.8, 4) is 5.75 Å². The summed E-state index contributed by atoms with van der Waals surface area (Å²) in [5.41, 5.74) is 1.19. The summed E-state index contributed by atoms with van der Waals surface area (Å²) in [5, 5.41) is 0.844. The summed E-state index contributed by atoms with van der Waals surface area (Å²) in [6, 6.07) is 14.2. The first-order valence-corrected chi connectivity index (χ1v) is 7.02. The number of benzene rings is 2. The number of hydrogen-bond acceptors (Lipinski definition) is 2. The molecule has 0 aliphatic carbocycles. The minimum atomic E-state index is 0.844. The monoisotopic (exact) mass is 278 g/mol. The molecule has 0 aliphatic rings. The fraction of sp³-hybridized carbons (Fsp3) is 0.200. The van der Waals surface area contributed by atoms with Crippen molar-refractivity contribution in [3.63, 3.8) is 0 Å². The van der Waals surface area contributed by atoms with Crippen molar-refractivity contribution < 1.29 is 4.74 Å². The SMILES string of the molecule is CCc1cc(Sc2ccc(OC)cc2)ccc1Cl. The first-order valence-electron chi connectivity index (χ1n) is 5.83. The Morgan fingerprint density at radius 1 is 1.06 bits per heavy atom. The van der Waals surface area contributed by atoms with Crippen LogP contribution in [-0.2, 0) is 6.42 Å². The minimum absolute atomic E-state index is 0.844. The molecule has 0 bridgehead atoms. The molecule has 0 aromatic heterocycles. The van der Waals surface area contributed by atoms with Crippen molar-refractivity contribution in [2.45, 2.75) is 23.1 Å². The Morgan fingerprint density at radius 2 is 1.72 bits per heavy atom. The van der Waals surface area contributed by atoms with Crippen molar-refractivity contribution in [3.05, 3.63) is 53.1 Å². The summed E-state index contributed by atoms with van der Waals surface area (Å²) in [5.74, 6) is 0.879. The lowest BCUT2D eigenvalue weighted by molar-refractivity contribution is 0.414. The lowest BCUT2D eigenvalue weighted by Gasteiger charge is -2.06. The molecule has 3 heteroatoms. The Morgan fingerprint density at radius 3 is 2.33 bits per heavy atom. The van der Waals surface area contributed by atoms with Gasteiger partial charge in [-0.1, -0.05) is 30.3 Å². The van der Waals surface area contributed by atoms with Gasteiger partial charge in [-0.15, -0.1) is 0 Å². The van der Waals surface area contributed by atoms with E-state index in [1.807, 2.05) is 18.2 Å². The van der Waals surface area contributed by atoms with Crippen LogP contribution in [0.3, 0.4) is 0 Å². The fourth-order valence-corrected chi connectivity index (χ4v) is 2.80. The molecule has 0 unspecified atom stereocenters. The molecule has 0 atom stereocenters. The molecule has 94 valence electrons. The van der Waals surface area contributed by atoms with Crippen LogP contribution in [0, 0.1) is 0 Å². The van der Waals surface area contributed by atoms with Gasteiger partial charge in [-0.05, 0) is 54.4 Å². The molecule has 0 fully saturated rings. The molecule has 2 aromatic carbocycles. The topological polar surface area (TPSA) is 9.23 Å². The van der Waals surface area contributed by atoms with Crippen LogP contribution < -0.4 is 4.74 Å². The number of hydrogen-bond donors (Lipinski definition) is 0. The maximum absolute atomic E-state index is 6.11. The Labute approximate surface area is 117 Å². The van der Waals surface area contributed by atoms with E-state index in [2.05, 4.69) is 31.2 Å². The summed E-state index contributed by atoms with van der Waals surface area (Å²) in [4.78, 5) is 2.40. The zero-order valence-corrected chi connectivity index (χ0v) is 12.0. The van der Waals surface area contributed by atoms with Crippen LogP contribution in [0.15, 0.2) is 52.3 Å². The summed E-state index contributed by atoms with van der Waals surface area (Å²) in [6.45, 7) is 2.11. The second-order valence-electron chi connectivity index (χ2n) is 3.88. The zero-order valence-electron chi connectivity index (χ0n) is 10.4. The molecule has 0 N–H and O–H groups in total. The van der Waals surface area contributed by atoms with Crippen LogP contribution in [0.1, 0.15) is 12.5 Å². The van der Waals surface area contributed by atoms with Gasteiger partial charge in [0.15, 0.2) is 0 Å². The fourth-order valence-electron chi connectivity index (χ4n) is 1.67. The van der Waals surface area contributed by atoms with Gasteiger partial charge in [0.05, 0.1) is 7.11 Å². The molecule has 18 heavy (non-hydrogen) atoms. The van der Waals surface area contributed by atoms with Gasteiger partial charge < -0.3 is 4.74 Å². The second kappa shape index (κ2) is 6.17. The average Bonchev–Trinajstić information content (AvgIpc) is 2.42. The van der Waals surface area contributed by atoms with E-state index < -0.39 is 0 Å². The van der Waals surface area contributed by atoms with Crippen molar-refractivity contribution in [1.82, 2.24) is 0 Å². The Balaban J connectivity index is 2.17. The number of methoxy groups -OCH3 is 1. The van der Waals surface area contributed by atoms with E-state index in [0.29, 0.717) is 0 Å². The van der Waals surface area contributed by atoms with Gasteiger partial charge in [-0.3, -0.25) is 0 Å². The summed E-state index contributed by atoms with van der Waals surface area (Å²) in [6.07, 6.45) is 0.954. The van der Waals surface area contributed by atoms with Crippen LogP contribution >= 0.6 is 23.4 Å². The van der Waals surface area contributed by atoms with E-state index in [9.17, 15) is 0 Å². The second-order valence-corrected chi connectivity index (χ2v) is 5.44. The highest BCUT2D eigenvalue weighted by Crippen LogP contribution is 2.31. The molecule has 0 amide bonds. The quantitative estimate of drug-likeness (QED) is 0.773. The maximum Gasteiger partial charge on any atom is 0.118 e. The largest absolute Gasteiger partial charge is 0.497 e. The lowest BCUT2D eigenvalue weighted by atomic mass is 10.2. The summed E-state index contributed by atoms with van der Waals surface area (Å²) < 4.78 is 5.14. The van der Waals surface area contributed by atoms with Crippen LogP contribution in [0.25, 0.3) is 0 Å². The normalized spacial score (nSPS) is 10.4. The van der Waals surface area contributed by atoms with E-state index in [4.69, 9.17) is 16.3 Å². The number of rotatable bonds is 4. The Kier molecular flexibility index (Phi) is 4.56. The van der Waals surface area contributed by atoms with E-state index in [1.165, 1.54) is 15.4 Å². The van der Waals surface area contributed by atoms with Crippen LogP contribution in [0.4, 0.5) is 0 Å². The third kappa shape index (κ3) is 3.21. The van der Waals surface area contributed by atoms with Crippen molar-refractivity contribution in [2.75, 3.05) is 7.11 Å². The molecule has 0 saturated heterocycles. The van der Waals surface area contributed by atoms with Gasteiger partial charge in [-0.25, -0.2) is 0 Å². The smallest absolute Gasteiger partial charge is 0.118 e. The van der Waals surface area contributed by atoms with Gasteiger partial charge in [0.25, 0.3) is 0 Å². The average molecular weight is 279 g/mol. The molecule has 0 radical (unpaired) electrons. The predicted molar refractivity (Wildman–Crippen MR) is 77.9 cm³/mol. The lowest BCUT2D eigenvalue weighted by Crippen LogP contribution is -1.84. The Bertz CT molecular complexity index is 523. The minimum Gasteiger partial charge on any atom is -0.497 e. The van der Waals surface area contributed by atoms with Crippen LogP contribution in [0.2, 0.25) is 5.02 Å². The molecule has 2 aromatic rings. The highest BCUT2D eigenvalue weighted by atomic mass is 35.5. The van der Waals surface area contributed by atoms with E-state index in [0.717, 1.165) is 17.2 Å². The third-order valence-electron chi connectivity index (χ3n) is 2.69. The van der Waals surface area contributed by atoms with Gasteiger partial charge in [-0.2, -0.15) is 0 Å². The Hall–Kier alpha value is -1.12. The maximum atomic E-state index is 6.11. The molecule has 0 saturated carbocycles. The predicted octanol–water partition coefficient (Wildman–Crippen LogP) is 5.06. The number of aryl methyl sites for hydroxylation is 1. The standard InChI is InChI=1S/C15H15ClOS/c1-3-11-10-14(8-9-15(11)16)18-13-6-4-12(17-2)5-7-13/h4-10H,3H2,1-2H3. The highest BCUT2D eigenvalue weighted by Gasteiger charge is 2.02. The zero-order chi connectivity index (χ0) is 13.0. The molecule has 0 heterocycles.